The molecule has 4 heteroatoms. The second kappa shape index (κ2) is 15.3. The van der Waals surface area contributed by atoms with Crippen LogP contribution in [-0.2, 0) is 9.47 Å². The fraction of sp³-hybridized carbons (Fsp3) is 0.933. The van der Waals surface area contributed by atoms with Crippen LogP contribution in [0.1, 0.15) is 71.1 Å². The monoisotopic (exact) mass is 273 g/mol. The Morgan fingerprint density at radius 3 is 1.95 bits per heavy atom. The predicted molar refractivity (Wildman–Crippen MR) is 78.2 cm³/mol. The van der Waals surface area contributed by atoms with E-state index in [2.05, 4.69) is 12.2 Å². The molecule has 0 aromatic heterocycles. The normalized spacial score (nSPS) is 10.4. The smallest absolute Gasteiger partial charge is 0.408 e. The molecule has 1 amide bonds. The van der Waals surface area contributed by atoms with Crippen LogP contribution in [0.15, 0.2) is 0 Å². The van der Waals surface area contributed by atoms with Crippen molar-refractivity contribution in [2.24, 2.45) is 0 Å². The van der Waals surface area contributed by atoms with Crippen LogP contribution in [0, 0.1) is 0 Å². The summed E-state index contributed by atoms with van der Waals surface area (Å²) >= 11 is 0. The van der Waals surface area contributed by atoms with Crippen LogP contribution < -0.4 is 5.32 Å². The van der Waals surface area contributed by atoms with Crippen molar-refractivity contribution in [2.45, 2.75) is 71.1 Å². The van der Waals surface area contributed by atoms with Gasteiger partial charge in [0.15, 0.2) is 0 Å². The molecule has 0 unspecified atom stereocenters. The van der Waals surface area contributed by atoms with Crippen LogP contribution in [0.25, 0.3) is 0 Å². The van der Waals surface area contributed by atoms with Crippen LogP contribution in [0.5, 0.6) is 0 Å². The third-order valence-corrected chi connectivity index (χ3v) is 3.09. The molecule has 0 rings (SSSR count). The zero-order valence-electron chi connectivity index (χ0n) is 12.7. The second-order valence-electron chi connectivity index (χ2n) is 4.93. The topological polar surface area (TPSA) is 47.6 Å². The zero-order chi connectivity index (χ0) is 14.2. The van der Waals surface area contributed by atoms with E-state index in [1.165, 1.54) is 58.5 Å². The first-order valence-electron chi connectivity index (χ1n) is 7.70. The highest BCUT2D eigenvalue weighted by Gasteiger charge is 1.99. The Morgan fingerprint density at radius 1 is 0.895 bits per heavy atom. The Hall–Kier alpha value is -0.770. The van der Waals surface area contributed by atoms with Gasteiger partial charge in [-0.2, -0.15) is 0 Å². The van der Waals surface area contributed by atoms with Crippen LogP contribution in [-0.4, -0.2) is 26.5 Å². The molecular formula is C15H31NO3. The third-order valence-electron chi connectivity index (χ3n) is 3.09. The van der Waals surface area contributed by atoms with Crippen LogP contribution in [0.3, 0.4) is 0 Å². The first-order valence-corrected chi connectivity index (χ1v) is 7.70. The summed E-state index contributed by atoms with van der Waals surface area (Å²) in [5.41, 5.74) is 0. The van der Waals surface area contributed by atoms with Crippen molar-refractivity contribution in [3.05, 3.63) is 0 Å². The number of ether oxygens (including phenoxy) is 2. The lowest BCUT2D eigenvalue weighted by molar-refractivity contribution is 0.118. The molecule has 0 aliphatic rings. The highest BCUT2D eigenvalue weighted by Crippen LogP contribution is 2.10. The molecule has 0 radical (unpaired) electrons. The standard InChI is InChI=1S/C15H31NO3/c1-3-4-5-6-7-8-9-10-11-12-13-19-15(17)16-14-18-2/h3-14H2,1-2H3,(H,16,17). The molecule has 0 heterocycles. The highest BCUT2D eigenvalue weighted by atomic mass is 16.6. The average Bonchev–Trinajstić information content (AvgIpc) is 2.42. The Kier molecular flexibility index (Phi) is 14.7. The number of unbranched alkanes of at least 4 members (excludes halogenated alkanes) is 9. The maximum Gasteiger partial charge on any atom is 0.408 e. The summed E-state index contributed by atoms with van der Waals surface area (Å²) in [7, 11) is 1.53. The van der Waals surface area contributed by atoms with Gasteiger partial charge in [-0.15, -0.1) is 0 Å². The molecule has 0 bridgehead atoms. The van der Waals surface area contributed by atoms with Crippen LogP contribution in [0.4, 0.5) is 4.79 Å². The quantitative estimate of drug-likeness (QED) is 0.403. The Balaban J connectivity index is 3.04. The molecular weight excluding hydrogens is 242 g/mol. The lowest BCUT2D eigenvalue weighted by Gasteiger charge is -2.06. The maximum atomic E-state index is 11.0. The molecule has 1 N–H and O–H groups in total. The Bertz CT molecular complexity index is 198. The number of methoxy groups -OCH3 is 1. The zero-order valence-corrected chi connectivity index (χ0v) is 12.7. The van der Waals surface area contributed by atoms with Crippen molar-refractivity contribution in [1.29, 1.82) is 0 Å². The number of rotatable bonds is 13. The van der Waals surface area contributed by atoms with E-state index in [4.69, 9.17) is 9.47 Å². The molecule has 4 nitrogen and oxygen atoms in total. The molecule has 0 spiro atoms. The van der Waals surface area contributed by atoms with Crippen LogP contribution in [0.2, 0.25) is 0 Å². The van der Waals surface area contributed by atoms with E-state index < -0.39 is 6.09 Å². The van der Waals surface area contributed by atoms with E-state index in [0.29, 0.717) is 6.61 Å². The molecule has 0 aliphatic carbocycles. The van der Waals surface area contributed by atoms with Crippen LogP contribution >= 0.6 is 0 Å². The van der Waals surface area contributed by atoms with E-state index >= 15 is 0 Å². The summed E-state index contributed by atoms with van der Waals surface area (Å²) in [5.74, 6) is 0. The molecule has 114 valence electrons. The maximum absolute atomic E-state index is 11.0. The van der Waals surface area contributed by atoms with Crippen molar-refractivity contribution in [1.82, 2.24) is 5.32 Å². The van der Waals surface area contributed by atoms with Gasteiger partial charge in [0.2, 0.25) is 0 Å². The predicted octanol–water partition coefficient (Wildman–Crippen LogP) is 4.24. The average molecular weight is 273 g/mol. The number of alkyl carbamates (subject to hydrolysis) is 1. The van der Waals surface area contributed by atoms with Crippen molar-refractivity contribution in [2.75, 3.05) is 20.4 Å². The van der Waals surface area contributed by atoms with Gasteiger partial charge in [-0.05, 0) is 6.42 Å². The fourth-order valence-corrected chi connectivity index (χ4v) is 1.94. The summed E-state index contributed by atoms with van der Waals surface area (Å²) in [6.45, 7) is 2.96. The second-order valence-corrected chi connectivity index (χ2v) is 4.93. The van der Waals surface area contributed by atoms with E-state index in [9.17, 15) is 4.79 Å². The fourth-order valence-electron chi connectivity index (χ4n) is 1.94. The van der Waals surface area contributed by atoms with Gasteiger partial charge in [0.1, 0.15) is 6.73 Å². The molecule has 0 aromatic rings. The summed E-state index contributed by atoms with van der Waals surface area (Å²) < 4.78 is 9.69. The molecule has 0 aliphatic heterocycles. The number of hydrogen-bond acceptors (Lipinski definition) is 3. The lowest BCUT2D eigenvalue weighted by Crippen LogP contribution is -2.26. The van der Waals surface area contributed by atoms with Gasteiger partial charge in [-0.25, -0.2) is 4.79 Å². The first kappa shape index (κ1) is 18.2. The third kappa shape index (κ3) is 15.2. The summed E-state index contributed by atoms with van der Waals surface area (Å²) in [6.07, 6.45) is 12.5. The van der Waals surface area contributed by atoms with E-state index in [1.54, 1.807) is 0 Å². The number of nitrogens with one attached hydrogen (secondary N) is 1. The number of amides is 1. The van der Waals surface area contributed by atoms with Gasteiger partial charge in [-0.3, -0.25) is 5.32 Å². The number of hydrogen-bond donors (Lipinski definition) is 1. The van der Waals surface area contributed by atoms with Gasteiger partial charge in [0.25, 0.3) is 0 Å². The molecule has 0 saturated heterocycles. The minimum Gasteiger partial charge on any atom is -0.450 e. The van der Waals surface area contributed by atoms with Gasteiger partial charge in [0.05, 0.1) is 6.61 Å². The van der Waals surface area contributed by atoms with Gasteiger partial charge >= 0.3 is 6.09 Å². The van der Waals surface area contributed by atoms with E-state index in [1.807, 2.05) is 0 Å². The molecule has 0 atom stereocenters. The lowest BCUT2D eigenvalue weighted by atomic mass is 10.1. The minimum atomic E-state index is -0.391. The Labute approximate surface area is 118 Å². The van der Waals surface area contributed by atoms with Crippen molar-refractivity contribution in [3.63, 3.8) is 0 Å². The molecule has 0 fully saturated rings. The molecule has 0 saturated carbocycles. The molecule has 0 aromatic carbocycles. The highest BCUT2D eigenvalue weighted by molar-refractivity contribution is 5.66. The van der Waals surface area contributed by atoms with Crippen molar-refractivity contribution < 1.29 is 14.3 Å². The SMILES string of the molecule is CCCCCCCCCCCCOC(=O)NCOC. The number of carbonyl (C=O) groups is 1. The summed E-state index contributed by atoms with van der Waals surface area (Å²) in [4.78, 5) is 11.0. The van der Waals surface area contributed by atoms with E-state index in [-0.39, 0.29) is 6.73 Å². The summed E-state index contributed by atoms with van der Waals surface area (Å²) in [6, 6.07) is 0. The van der Waals surface area contributed by atoms with E-state index in [0.717, 1.165) is 12.8 Å². The summed E-state index contributed by atoms with van der Waals surface area (Å²) in [5, 5.41) is 2.48. The van der Waals surface area contributed by atoms with Crippen molar-refractivity contribution >= 4 is 6.09 Å². The molecule has 19 heavy (non-hydrogen) atoms. The largest absolute Gasteiger partial charge is 0.450 e. The minimum absolute atomic E-state index is 0.205. The van der Waals surface area contributed by atoms with Gasteiger partial charge < -0.3 is 9.47 Å². The number of carbonyl (C=O) groups excluding carboxylic acids is 1. The first-order chi connectivity index (χ1) is 9.31. The van der Waals surface area contributed by atoms with Gasteiger partial charge in [-0.1, -0.05) is 64.7 Å². The van der Waals surface area contributed by atoms with Gasteiger partial charge in [0, 0.05) is 7.11 Å². The van der Waals surface area contributed by atoms with Crippen molar-refractivity contribution in [3.8, 4) is 0 Å². The Morgan fingerprint density at radius 2 is 1.42 bits per heavy atom.